The molecule has 4 nitrogen and oxygen atoms in total. The van der Waals surface area contributed by atoms with Crippen molar-refractivity contribution in [3.05, 3.63) is 64.6 Å². The zero-order chi connectivity index (χ0) is 17.6. The quantitative estimate of drug-likeness (QED) is 0.799. The zero-order valence-electron chi connectivity index (χ0n) is 15.2. The standard InChI is InChI=1S/C21H25N3O/c1-14-10-16(12-20(25)15-4-7-22-8-5-15)21-17(11-14)18-13-23(2)9-6-19(18)24(21)3/h4-5,7-8,10-11,20,25H,6,9,12-13H2,1-3H3. The highest BCUT2D eigenvalue weighted by atomic mass is 16.3. The van der Waals surface area contributed by atoms with Gasteiger partial charge >= 0.3 is 0 Å². The fraction of sp³-hybridized carbons (Fsp3) is 0.381. The van der Waals surface area contributed by atoms with Crippen molar-refractivity contribution in [2.24, 2.45) is 7.05 Å². The van der Waals surface area contributed by atoms with Gasteiger partial charge in [-0.2, -0.15) is 0 Å². The first-order chi connectivity index (χ1) is 12.0. The Kier molecular flexibility index (Phi) is 4.10. The first-order valence-corrected chi connectivity index (χ1v) is 8.90. The monoisotopic (exact) mass is 335 g/mol. The van der Waals surface area contributed by atoms with Crippen molar-refractivity contribution in [2.45, 2.75) is 32.4 Å². The highest BCUT2D eigenvalue weighted by Crippen LogP contribution is 2.34. The molecule has 0 spiro atoms. The van der Waals surface area contributed by atoms with E-state index in [0.717, 1.165) is 25.1 Å². The van der Waals surface area contributed by atoms with Crippen molar-refractivity contribution in [1.29, 1.82) is 0 Å². The molecule has 1 atom stereocenters. The molecule has 0 radical (unpaired) electrons. The maximum Gasteiger partial charge on any atom is 0.0832 e. The van der Waals surface area contributed by atoms with Gasteiger partial charge in [0.25, 0.3) is 0 Å². The summed E-state index contributed by atoms with van der Waals surface area (Å²) in [4.78, 5) is 6.43. The fourth-order valence-electron chi connectivity index (χ4n) is 4.18. The Morgan fingerprint density at radius 3 is 2.72 bits per heavy atom. The van der Waals surface area contributed by atoms with Crippen molar-refractivity contribution in [2.75, 3.05) is 13.6 Å². The van der Waals surface area contributed by atoms with Gasteiger partial charge in [0.2, 0.25) is 0 Å². The molecule has 25 heavy (non-hydrogen) atoms. The molecule has 2 aromatic heterocycles. The van der Waals surface area contributed by atoms with Gasteiger partial charge in [-0.1, -0.05) is 11.6 Å². The Hall–Kier alpha value is -2.17. The molecule has 0 amide bonds. The summed E-state index contributed by atoms with van der Waals surface area (Å²) in [6.07, 6.45) is 4.67. The number of nitrogens with zero attached hydrogens (tertiary/aromatic N) is 3. The van der Waals surface area contributed by atoms with Gasteiger partial charge in [-0.15, -0.1) is 0 Å². The van der Waals surface area contributed by atoms with Crippen LogP contribution in [0.1, 0.15) is 34.1 Å². The molecule has 3 aromatic rings. The average molecular weight is 335 g/mol. The van der Waals surface area contributed by atoms with Crippen molar-refractivity contribution >= 4 is 10.9 Å². The van der Waals surface area contributed by atoms with Crippen LogP contribution in [0.25, 0.3) is 10.9 Å². The highest BCUT2D eigenvalue weighted by Gasteiger charge is 2.23. The molecule has 1 aromatic carbocycles. The van der Waals surface area contributed by atoms with Gasteiger partial charge < -0.3 is 14.6 Å². The number of aliphatic hydroxyl groups is 1. The van der Waals surface area contributed by atoms with Crippen LogP contribution in [-0.2, 0) is 26.4 Å². The van der Waals surface area contributed by atoms with Gasteiger partial charge in [0.05, 0.1) is 11.6 Å². The molecule has 130 valence electrons. The number of pyridine rings is 1. The number of likely N-dealkylation sites (N-methyl/N-ethyl adjacent to an activating group) is 1. The molecule has 1 aliphatic heterocycles. The van der Waals surface area contributed by atoms with E-state index in [1.54, 1.807) is 12.4 Å². The molecule has 0 bridgehead atoms. The Balaban J connectivity index is 1.82. The summed E-state index contributed by atoms with van der Waals surface area (Å²) in [7, 11) is 4.36. The SMILES string of the molecule is Cc1cc(CC(O)c2ccncc2)c2c(c1)c1c(n2C)CCN(C)C1. The number of aryl methyl sites for hydroxylation is 2. The lowest BCUT2D eigenvalue weighted by molar-refractivity contribution is 0.178. The molecule has 1 N–H and O–H groups in total. The molecule has 1 aliphatic rings. The normalized spacial score (nSPS) is 16.2. The van der Waals surface area contributed by atoms with E-state index in [9.17, 15) is 5.11 Å². The number of hydrogen-bond donors (Lipinski definition) is 1. The van der Waals surface area contributed by atoms with E-state index >= 15 is 0 Å². The molecule has 3 heterocycles. The molecule has 0 saturated heterocycles. The van der Waals surface area contributed by atoms with Gasteiger partial charge in [0.1, 0.15) is 0 Å². The molecule has 0 fully saturated rings. The predicted octanol–water partition coefficient (Wildman–Crippen LogP) is 3.15. The van der Waals surface area contributed by atoms with Crippen molar-refractivity contribution < 1.29 is 5.11 Å². The van der Waals surface area contributed by atoms with Gasteiger partial charge in [-0.3, -0.25) is 4.98 Å². The first kappa shape index (κ1) is 16.3. The van der Waals surface area contributed by atoms with Crippen molar-refractivity contribution in [3.8, 4) is 0 Å². The van der Waals surface area contributed by atoms with Gasteiger partial charge in [0.15, 0.2) is 0 Å². The van der Waals surface area contributed by atoms with Crippen LogP contribution in [0.4, 0.5) is 0 Å². The summed E-state index contributed by atoms with van der Waals surface area (Å²) >= 11 is 0. The minimum Gasteiger partial charge on any atom is -0.388 e. The Labute approximate surface area is 148 Å². The summed E-state index contributed by atoms with van der Waals surface area (Å²) in [5, 5.41) is 12.1. The Bertz CT molecular complexity index is 914. The number of fused-ring (bicyclic) bond motifs is 3. The third kappa shape index (κ3) is 2.86. The Morgan fingerprint density at radius 1 is 1.20 bits per heavy atom. The molecule has 4 heteroatoms. The molecule has 0 aliphatic carbocycles. The van der Waals surface area contributed by atoms with Crippen LogP contribution in [-0.4, -0.2) is 33.1 Å². The van der Waals surface area contributed by atoms with E-state index in [1.807, 2.05) is 12.1 Å². The molecule has 0 saturated carbocycles. The van der Waals surface area contributed by atoms with Crippen LogP contribution in [0.3, 0.4) is 0 Å². The summed E-state index contributed by atoms with van der Waals surface area (Å²) in [5.74, 6) is 0. The van der Waals surface area contributed by atoms with E-state index in [1.165, 1.54) is 33.3 Å². The smallest absolute Gasteiger partial charge is 0.0832 e. The van der Waals surface area contributed by atoms with E-state index in [2.05, 4.69) is 47.6 Å². The topological polar surface area (TPSA) is 41.3 Å². The van der Waals surface area contributed by atoms with Crippen LogP contribution in [0.2, 0.25) is 0 Å². The number of aliphatic hydroxyl groups excluding tert-OH is 1. The number of hydrogen-bond acceptors (Lipinski definition) is 3. The summed E-state index contributed by atoms with van der Waals surface area (Å²) < 4.78 is 2.35. The first-order valence-electron chi connectivity index (χ1n) is 8.90. The van der Waals surface area contributed by atoms with E-state index in [-0.39, 0.29) is 0 Å². The van der Waals surface area contributed by atoms with E-state index in [4.69, 9.17) is 0 Å². The number of aromatic nitrogens is 2. The Morgan fingerprint density at radius 2 is 1.96 bits per heavy atom. The number of rotatable bonds is 3. The van der Waals surface area contributed by atoms with Gasteiger partial charge in [-0.25, -0.2) is 0 Å². The maximum atomic E-state index is 10.7. The van der Waals surface area contributed by atoms with E-state index in [0.29, 0.717) is 6.42 Å². The van der Waals surface area contributed by atoms with E-state index < -0.39 is 6.10 Å². The summed E-state index contributed by atoms with van der Waals surface area (Å²) in [6, 6.07) is 8.31. The van der Waals surface area contributed by atoms with Crippen molar-refractivity contribution in [1.82, 2.24) is 14.5 Å². The zero-order valence-corrected chi connectivity index (χ0v) is 15.2. The van der Waals surface area contributed by atoms with Crippen LogP contribution in [0.15, 0.2) is 36.7 Å². The highest BCUT2D eigenvalue weighted by molar-refractivity contribution is 5.89. The lowest BCUT2D eigenvalue weighted by atomic mass is 9.97. The van der Waals surface area contributed by atoms with Gasteiger partial charge in [-0.05, 0) is 48.9 Å². The average Bonchev–Trinajstić information content (AvgIpc) is 2.87. The van der Waals surface area contributed by atoms with Crippen LogP contribution in [0, 0.1) is 6.92 Å². The second-order valence-corrected chi connectivity index (χ2v) is 7.29. The van der Waals surface area contributed by atoms with Gasteiger partial charge in [0, 0.05) is 56.5 Å². The summed E-state index contributed by atoms with van der Waals surface area (Å²) in [5.41, 5.74) is 7.57. The summed E-state index contributed by atoms with van der Waals surface area (Å²) in [6.45, 7) is 4.25. The minimum atomic E-state index is -0.511. The molecule has 4 rings (SSSR count). The predicted molar refractivity (Wildman–Crippen MR) is 101 cm³/mol. The minimum absolute atomic E-state index is 0.511. The maximum absolute atomic E-state index is 10.7. The van der Waals surface area contributed by atoms with Crippen LogP contribution < -0.4 is 0 Å². The van der Waals surface area contributed by atoms with Crippen LogP contribution in [0.5, 0.6) is 0 Å². The second kappa shape index (κ2) is 6.28. The lowest BCUT2D eigenvalue weighted by Crippen LogP contribution is -2.26. The molecular weight excluding hydrogens is 310 g/mol. The second-order valence-electron chi connectivity index (χ2n) is 7.29. The van der Waals surface area contributed by atoms with Crippen molar-refractivity contribution in [3.63, 3.8) is 0 Å². The molecule has 1 unspecified atom stereocenters. The lowest BCUT2D eigenvalue weighted by Gasteiger charge is -2.23. The largest absolute Gasteiger partial charge is 0.388 e. The third-order valence-corrected chi connectivity index (χ3v) is 5.41. The van der Waals surface area contributed by atoms with Crippen LogP contribution >= 0.6 is 0 Å². The number of benzene rings is 1. The fourth-order valence-corrected chi connectivity index (χ4v) is 4.18. The third-order valence-electron chi connectivity index (χ3n) is 5.41. The molecular formula is C21H25N3O.